The molecule has 2 atom stereocenters. The van der Waals surface area contributed by atoms with Crippen LogP contribution in [-0.4, -0.2) is 39.9 Å². The second-order valence-electron chi connectivity index (χ2n) is 5.63. The fraction of sp³-hybridized carbons (Fsp3) is 0.438. The van der Waals surface area contributed by atoms with E-state index < -0.39 is 0 Å². The lowest BCUT2D eigenvalue weighted by molar-refractivity contribution is 0.0649. The Bertz CT molecular complexity index is 658. The van der Waals surface area contributed by atoms with E-state index in [0.717, 1.165) is 37.0 Å². The van der Waals surface area contributed by atoms with Crippen LogP contribution in [0.25, 0.3) is 11.0 Å². The number of piperidine rings is 1. The molecule has 0 radical (unpaired) electrons. The van der Waals surface area contributed by atoms with Gasteiger partial charge in [0.15, 0.2) is 0 Å². The van der Waals surface area contributed by atoms with E-state index in [9.17, 15) is 4.79 Å². The van der Waals surface area contributed by atoms with Crippen LogP contribution in [0.4, 0.5) is 0 Å². The number of amides is 1. The minimum atomic E-state index is 0.0629. The first-order valence-corrected chi connectivity index (χ1v) is 7.44. The second kappa shape index (κ2) is 5.77. The molecule has 1 aliphatic rings. The largest absolute Gasteiger partial charge is 0.338 e. The minimum Gasteiger partial charge on any atom is -0.338 e. The molecule has 1 aromatic heterocycles. The van der Waals surface area contributed by atoms with E-state index in [2.05, 4.69) is 16.9 Å². The highest BCUT2D eigenvalue weighted by Gasteiger charge is 2.28. The van der Waals surface area contributed by atoms with Crippen molar-refractivity contribution in [3.05, 3.63) is 36.2 Å². The fourth-order valence-corrected chi connectivity index (χ4v) is 2.95. The summed E-state index contributed by atoms with van der Waals surface area (Å²) >= 11 is 0. The Kier molecular flexibility index (Phi) is 3.84. The van der Waals surface area contributed by atoms with Crippen molar-refractivity contribution in [2.75, 3.05) is 13.1 Å². The summed E-state index contributed by atoms with van der Waals surface area (Å²) in [5.74, 6) is 0.454. The van der Waals surface area contributed by atoms with E-state index in [-0.39, 0.29) is 11.9 Å². The zero-order valence-electron chi connectivity index (χ0n) is 12.2. The van der Waals surface area contributed by atoms with Gasteiger partial charge >= 0.3 is 0 Å². The maximum atomic E-state index is 12.6. The lowest BCUT2D eigenvalue weighted by Gasteiger charge is -2.36. The van der Waals surface area contributed by atoms with E-state index in [4.69, 9.17) is 5.73 Å². The summed E-state index contributed by atoms with van der Waals surface area (Å²) in [7, 11) is 0. The molecule has 0 aliphatic carbocycles. The van der Waals surface area contributed by atoms with Crippen LogP contribution in [0.5, 0.6) is 0 Å². The first-order valence-electron chi connectivity index (χ1n) is 7.44. The van der Waals surface area contributed by atoms with Gasteiger partial charge < -0.3 is 10.6 Å². The van der Waals surface area contributed by atoms with Crippen LogP contribution in [0, 0.1) is 5.92 Å². The first-order chi connectivity index (χ1) is 10.2. The lowest BCUT2D eigenvalue weighted by Crippen LogP contribution is -2.49. The minimum absolute atomic E-state index is 0.0629. The molecule has 21 heavy (non-hydrogen) atoms. The van der Waals surface area contributed by atoms with Crippen molar-refractivity contribution in [1.29, 1.82) is 0 Å². The highest BCUT2D eigenvalue weighted by atomic mass is 16.2. The van der Waals surface area contributed by atoms with Crippen molar-refractivity contribution < 1.29 is 4.79 Å². The van der Waals surface area contributed by atoms with Crippen LogP contribution >= 0.6 is 0 Å². The zero-order chi connectivity index (χ0) is 14.8. The molecule has 1 aromatic carbocycles. The molecule has 1 saturated heterocycles. The third-order valence-electron chi connectivity index (χ3n) is 4.32. The lowest BCUT2D eigenvalue weighted by atomic mass is 9.90. The van der Waals surface area contributed by atoms with Gasteiger partial charge in [-0.2, -0.15) is 0 Å². The molecular weight excluding hydrogens is 264 g/mol. The van der Waals surface area contributed by atoms with Crippen molar-refractivity contribution in [2.45, 2.75) is 25.8 Å². The molecule has 5 heteroatoms. The predicted octanol–water partition coefficient (Wildman–Crippen LogP) is 1.83. The number of nitrogens with zero attached hydrogens (tertiary/aromatic N) is 3. The quantitative estimate of drug-likeness (QED) is 0.913. The van der Waals surface area contributed by atoms with E-state index in [1.165, 1.54) is 0 Å². The summed E-state index contributed by atoms with van der Waals surface area (Å²) in [5, 5.41) is 0. The van der Waals surface area contributed by atoms with Gasteiger partial charge in [0, 0.05) is 37.1 Å². The molecule has 0 spiro atoms. The standard InChI is InChI=1S/C16H20N4O/c1-2-11-10-20(8-5-13(11)17)16(21)12-3-4-14-15(9-12)19-7-6-18-14/h3-4,6-7,9,11,13H,2,5,8,10,17H2,1H3. The fourth-order valence-electron chi connectivity index (χ4n) is 2.95. The summed E-state index contributed by atoms with van der Waals surface area (Å²) in [6.45, 7) is 3.61. The SMILES string of the molecule is CCC1CN(C(=O)c2ccc3nccnc3c2)CCC1N. The maximum Gasteiger partial charge on any atom is 0.253 e. The number of hydrogen-bond donors (Lipinski definition) is 1. The molecule has 2 aromatic rings. The molecule has 2 unspecified atom stereocenters. The highest BCUT2D eigenvalue weighted by Crippen LogP contribution is 2.21. The predicted molar refractivity (Wildman–Crippen MR) is 81.8 cm³/mol. The number of carbonyl (C=O) groups excluding carboxylic acids is 1. The van der Waals surface area contributed by atoms with Crippen molar-refractivity contribution in [3.63, 3.8) is 0 Å². The monoisotopic (exact) mass is 284 g/mol. The third-order valence-corrected chi connectivity index (χ3v) is 4.32. The van der Waals surface area contributed by atoms with Crippen LogP contribution in [0.2, 0.25) is 0 Å². The van der Waals surface area contributed by atoms with E-state index in [0.29, 0.717) is 11.5 Å². The van der Waals surface area contributed by atoms with Gasteiger partial charge in [0.05, 0.1) is 11.0 Å². The molecule has 1 fully saturated rings. The van der Waals surface area contributed by atoms with Gasteiger partial charge in [0.1, 0.15) is 0 Å². The van der Waals surface area contributed by atoms with Gasteiger partial charge in [-0.15, -0.1) is 0 Å². The van der Waals surface area contributed by atoms with E-state index in [1.54, 1.807) is 12.4 Å². The Morgan fingerprint density at radius 2 is 2.10 bits per heavy atom. The topological polar surface area (TPSA) is 72.1 Å². The molecule has 2 heterocycles. The van der Waals surface area contributed by atoms with Crippen molar-refractivity contribution in [1.82, 2.24) is 14.9 Å². The summed E-state index contributed by atoms with van der Waals surface area (Å²) in [6.07, 6.45) is 5.18. The number of fused-ring (bicyclic) bond motifs is 1. The third kappa shape index (κ3) is 2.74. The Balaban J connectivity index is 1.83. The number of nitrogens with two attached hydrogens (primary N) is 1. The number of carbonyl (C=O) groups is 1. The number of hydrogen-bond acceptors (Lipinski definition) is 4. The van der Waals surface area contributed by atoms with Gasteiger partial charge in [0.2, 0.25) is 0 Å². The molecule has 0 saturated carbocycles. The van der Waals surface area contributed by atoms with Crippen LogP contribution in [0.15, 0.2) is 30.6 Å². The van der Waals surface area contributed by atoms with Crippen molar-refractivity contribution >= 4 is 16.9 Å². The Morgan fingerprint density at radius 1 is 1.33 bits per heavy atom. The summed E-state index contributed by atoms with van der Waals surface area (Å²) < 4.78 is 0. The van der Waals surface area contributed by atoms with Crippen LogP contribution < -0.4 is 5.73 Å². The summed E-state index contributed by atoms with van der Waals surface area (Å²) in [6, 6.07) is 5.71. The molecule has 1 aliphatic heterocycles. The number of aromatic nitrogens is 2. The molecular formula is C16H20N4O. The van der Waals surface area contributed by atoms with Gasteiger partial charge in [-0.3, -0.25) is 14.8 Å². The maximum absolute atomic E-state index is 12.6. The molecule has 110 valence electrons. The highest BCUT2D eigenvalue weighted by molar-refractivity contribution is 5.97. The molecule has 0 bridgehead atoms. The van der Waals surface area contributed by atoms with Gasteiger partial charge in [-0.25, -0.2) is 0 Å². The smallest absolute Gasteiger partial charge is 0.253 e. The van der Waals surface area contributed by atoms with Crippen molar-refractivity contribution in [3.8, 4) is 0 Å². The van der Waals surface area contributed by atoms with E-state index >= 15 is 0 Å². The molecule has 2 N–H and O–H groups in total. The molecule has 1 amide bonds. The molecule has 5 nitrogen and oxygen atoms in total. The average Bonchev–Trinajstić information content (AvgIpc) is 2.54. The summed E-state index contributed by atoms with van der Waals surface area (Å²) in [5.41, 5.74) is 8.34. The van der Waals surface area contributed by atoms with Crippen molar-refractivity contribution in [2.24, 2.45) is 11.7 Å². The Morgan fingerprint density at radius 3 is 2.86 bits per heavy atom. The first kappa shape index (κ1) is 13.9. The van der Waals surface area contributed by atoms with Gasteiger partial charge in [-0.1, -0.05) is 13.3 Å². The van der Waals surface area contributed by atoms with Crippen LogP contribution in [-0.2, 0) is 0 Å². The Labute approximate surface area is 124 Å². The van der Waals surface area contributed by atoms with Gasteiger partial charge in [0.25, 0.3) is 5.91 Å². The normalized spacial score (nSPS) is 22.5. The zero-order valence-corrected chi connectivity index (χ0v) is 12.2. The number of rotatable bonds is 2. The second-order valence-corrected chi connectivity index (χ2v) is 5.63. The summed E-state index contributed by atoms with van der Waals surface area (Å²) in [4.78, 5) is 23.0. The van der Waals surface area contributed by atoms with E-state index in [1.807, 2.05) is 23.1 Å². The van der Waals surface area contributed by atoms with Crippen LogP contribution in [0.1, 0.15) is 30.1 Å². The molecule has 3 rings (SSSR count). The number of benzene rings is 1. The van der Waals surface area contributed by atoms with Crippen LogP contribution in [0.3, 0.4) is 0 Å². The van der Waals surface area contributed by atoms with Gasteiger partial charge in [-0.05, 0) is 30.5 Å². The Hall–Kier alpha value is -2.01. The average molecular weight is 284 g/mol. The number of likely N-dealkylation sites (tertiary alicyclic amines) is 1.